The van der Waals surface area contributed by atoms with Gasteiger partial charge in [-0.05, 0) is 18.9 Å². The Labute approximate surface area is 102 Å². The number of phenolic OH excluding ortho intramolecular Hbond substituents is 3. The second-order valence-electron chi connectivity index (χ2n) is 4.50. The summed E-state index contributed by atoms with van der Waals surface area (Å²) in [5.74, 6) is -0.474. The zero-order valence-corrected chi connectivity index (χ0v) is 10.6. The van der Waals surface area contributed by atoms with Crippen molar-refractivity contribution in [1.82, 2.24) is 5.32 Å². The van der Waals surface area contributed by atoms with Crippen LogP contribution < -0.4 is 5.32 Å². The number of aromatic hydroxyl groups is 3. The van der Waals surface area contributed by atoms with Gasteiger partial charge in [-0.15, -0.1) is 0 Å². The molecule has 17 heavy (non-hydrogen) atoms. The fourth-order valence-corrected chi connectivity index (χ4v) is 1.58. The van der Waals surface area contributed by atoms with Crippen molar-refractivity contribution in [3.63, 3.8) is 0 Å². The Morgan fingerprint density at radius 2 is 1.76 bits per heavy atom. The van der Waals surface area contributed by atoms with Gasteiger partial charge in [0, 0.05) is 18.2 Å². The van der Waals surface area contributed by atoms with Crippen LogP contribution in [0.1, 0.15) is 32.8 Å². The first-order valence-electron chi connectivity index (χ1n) is 5.93. The monoisotopic (exact) mass is 239 g/mol. The van der Waals surface area contributed by atoms with Gasteiger partial charge in [-0.2, -0.15) is 0 Å². The molecule has 1 aromatic carbocycles. The van der Waals surface area contributed by atoms with Crippen molar-refractivity contribution in [2.45, 2.75) is 39.8 Å². The van der Waals surface area contributed by atoms with Gasteiger partial charge in [0.2, 0.25) is 5.75 Å². The highest BCUT2D eigenvalue weighted by Gasteiger charge is 2.13. The number of benzene rings is 1. The van der Waals surface area contributed by atoms with Gasteiger partial charge in [0.1, 0.15) is 0 Å². The normalized spacial score (nSPS) is 14.5. The summed E-state index contributed by atoms with van der Waals surface area (Å²) in [7, 11) is 0. The summed E-state index contributed by atoms with van der Waals surface area (Å²) in [6.07, 6.45) is 1.08. The molecule has 0 aromatic heterocycles. The second kappa shape index (κ2) is 5.77. The van der Waals surface area contributed by atoms with E-state index in [4.69, 9.17) is 0 Å². The van der Waals surface area contributed by atoms with Crippen LogP contribution in [0.15, 0.2) is 12.1 Å². The first-order chi connectivity index (χ1) is 7.97. The molecule has 0 amide bonds. The summed E-state index contributed by atoms with van der Waals surface area (Å²) in [6, 6.07) is 3.30. The average Bonchev–Trinajstić information content (AvgIpc) is 2.33. The fourth-order valence-electron chi connectivity index (χ4n) is 1.58. The van der Waals surface area contributed by atoms with Gasteiger partial charge >= 0.3 is 0 Å². The minimum absolute atomic E-state index is 0.256. The van der Waals surface area contributed by atoms with Crippen LogP contribution in [0.5, 0.6) is 17.2 Å². The van der Waals surface area contributed by atoms with Crippen molar-refractivity contribution < 1.29 is 15.3 Å². The van der Waals surface area contributed by atoms with Gasteiger partial charge < -0.3 is 20.6 Å². The van der Waals surface area contributed by atoms with Gasteiger partial charge in [0.15, 0.2) is 11.5 Å². The third-order valence-corrected chi connectivity index (χ3v) is 3.33. The second-order valence-corrected chi connectivity index (χ2v) is 4.50. The van der Waals surface area contributed by atoms with E-state index in [1.165, 1.54) is 6.07 Å². The summed E-state index contributed by atoms with van der Waals surface area (Å²) in [6.45, 7) is 6.84. The van der Waals surface area contributed by atoms with E-state index >= 15 is 0 Å². The minimum Gasteiger partial charge on any atom is -0.504 e. The molecule has 1 rings (SSSR count). The Balaban J connectivity index is 2.67. The number of rotatable bonds is 5. The van der Waals surface area contributed by atoms with Crippen molar-refractivity contribution in [1.29, 1.82) is 0 Å². The number of hydrogen-bond acceptors (Lipinski definition) is 4. The zero-order chi connectivity index (χ0) is 13.0. The standard InChI is InChI=1S/C13H21NO3/c1-4-8(2)9(3)14-7-10-5-6-11(15)13(17)12(10)16/h5-6,8-9,14-17H,4,7H2,1-3H3. The molecule has 2 atom stereocenters. The van der Waals surface area contributed by atoms with Crippen LogP contribution in [0.3, 0.4) is 0 Å². The van der Waals surface area contributed by atoms with Crippen LogP contribution in [-0.4, -0.2) is 21.4 Å². The van der Waals surface area contributed by atoms with Crippen LogP contribution in [0.2, 0.25) is 0 Å². The number of nitrogens with one attached hydrogen (secondary N) is 1. The highest BCUT2D eigenvalue weighted by Crippen LogP contribution is 2.36. The summed E-state index contributed by atoms with van der Waals surface area (Å²) in [4.78, 5) is 0. The van der Waals surface area contributed by atoms with Crippen LogP contribution in [0.25, 0.3) is 0 Å². The topological polar surface area (TPSA) is 72.7 Å². The largest absolute Gasteiger partial charge is 0.504 e. The van der Waals surface area contributed by atoms with E-state index in [0.29, 0.717) is 24.1 Å². The molecule has 0 fully saturated rings. The molecule has 0 aliphatic rings. The molecule has 2 unspecified atom stereocenters. The summed E-state index contributed by atoms with van der Waals surface area (Å²) < 4.78 is 0. The van der Waals surface area contributed by atoms with E-state index < -0.39 is 5.75 Å². The Morgan fingerprint density at radius 3 is 2.35 bits per heavy atom. The fraction of sp³-hybridized carbons (Fsp3) is 0.538. The predicted octanol–water partition coefficient (Wildman–Crippen LogP) is 2.33. The Morgan fingerprint density at radius 1 is 1.12 bits per heavy atom. The molecule has 0 bridgehead atoms. The van der Waals surface area contributed by atoms with Crippen molar-refractivity contribution in [3.05, 3.63) is 17.7 Å². The molecule has 0 heterocycles. The zero-order valence-electron chi connectivity index (χ0n) is 10.6. The van der Waals surface area contributed by atoms with E-state index in [1.54, 1.807) is 6.07 Å². The molecule has 0 saturated heterocycles. The maximum atomic E-state index is 9.64. The SMILES string of the molecule is CCC(C)C(C)NCc1ccc(O)c(O)c1O. The quantitative estimate of drug-likeness (QED) is 0.595. The average molecular weight is 239 g/mol. The van der Waals surface area contributed by atoms with E-state index in [-0.39, 0.29) is 11.5 Å². The maximum Gasteiger partial charge on any atom is 0.200 e. The third-order valence-electron chi connectivity index (χ3n) is 3.33. The smallest absolute Gasteiger partial charge is 0.200 e. The van der Waals surface area contributed by atoms with Gasteiger partial charge in [0.25, 0.3) is 0 Å². The van der Waals surface area contributed by atoms with Crippen LogP contribution in [0, 0.1) is 5.92 Å². The van der Waals surface area contributed by atoms with Crippen molar-refractivity contribution in [2.24, 2.45) is 5.92 Å². The van der Waals surface area contributed by atoms with Crippen molar-refractivity contribution in [3.8, 4) is 17.2 Å². The van der Waals surface area contributed by atoms with E-state index in [1.807, 2.05) is 0 Å². The van der Waals surface area contributed by atoms with Crippen molar-refractivity contribution >= 4 is 0 Å². The Hall–Kier alpha value is -1.42. The summed E-state index contributed by atoms with van der Waals surface area (Å²) >= 11 is 0. The number of phenols is 3. The first-order valence-corrected chi connectivity index (χ1v) is 5.93. The molecule has 4 heteroatoms. The Bertz CT molecular complexity index is 379. The molecular formula is C13H21NO3. The molecular weight excluding hydrogens is 218 g/mol. The summed E-state index contributed by atoms with van der Waals surface area (Å²) in [5, 5.41) is 31.5. The molecule has 0 saturated carbocycles. The molecule has 4 N–H and O–H groups in total. The number of hydrogen-bond donors (Lipinski definition) is 4. The van der Waals surface area contributed by atoms with Crippen LogP contribution in [-0.2, 0) is 6.54 Å². The van der Waals surface area contributed by atoms with E-state index in [9.17, 15) is 15.3 Å². The van der Waals surface area contributed by atoms with Gasteiger partial charge in [-0.25, -0.2) is 0 Å². The Kier molecular flexibility index (Phi) is 4.63. The molecule has 4 nitrogen and oxygen atoms in total. The van der Waals surface area contributed by atoms with Gasteiger partial charge in [0.05, 0.1) is 0 Å². The molecule has 0 aliphatic carbocycles. The minimum atomic E-state index is -0.458. The highest BCUT2D eigenvalue weighted by molar-refractivity contribution is 5.52. The van der Waals surface area contributed by atoms with E-state index in [2.05, 4.69) is 26.1 Å². The lowest BCUT2D eigenvalue weighted by Gasteiger charge is -2.20. The summed E-state index contributed by atoms with van der Waals surface area (Å²) in [5.41, 5.74) is 0.579. The van der Waals surface area contributed by atoms with Crippen LogP contribution in [0.4, 0.5) is 0 Å². The van der Waals surface area contributed by atoms with E-state index in [0.717, 1.165) is 6.42 Å². The molecule has 0 aliphatic heterocycles. The molecule has 1 aromatic rings. The predicted molar refractivity (Wildman–Crippen MR) is 67.2 cm³/mol. The van der Waals surface area contributed by atoms with Crippen molar-refractivity contribution in [2.75, 3.05) is 0 Å². The molecule has 96 valence electrons. The lowest BCUT2D eigenvalue weighted by atomic mass is 10.0. The van der Waals surface area contributed by atoms with Gasteiger partial charge in [-0.1, -0.05) is 26.3 Å². The third kappa shape index (κ3) is 3.27. The van der Waals surface area contributed by atoms with Crippen LogP contribution >= 0.6 is 0 Å². The highest BCUT2D eigenvalue weighted by atomic mass is 16.3. The maximum absolute atomic E-state index is 9.64. The molecule has 0 radical (unpaired) electrons. The first kappa shape index (κ1) is 13.6. The lowest BCUT2D eigenvalue weighted by molar-refractivity contribution is 0.357. The lowest BCUT2D eigenvalue weighted by Crippen LogP contribution is -2.31. The molecule has 0 spiro atoms. The van der Waals surface area contributed by atoms with Gasteiger partial charge in [-0.3, -0.25) is 0 Å².